The Morgan fingerprint density at radius 2 is 2.00 bits per heavy atom. The Balaban J connectivity index is 3.36. The first-order valence-corrected chi connectivity index (χ1v) is 4.19. The average molecular weight is 159 g/mol. The summed E-state index contributed by atoms with van der Waals surface area (Å²) in [5.74, 6) is 0. The molecule has 0 fully saturated rings. The standard InChI is InChI=1S/C11H13N/c1-4-10-6-5-8(2)11(7-12)9(10)3/h5-6H,4H2,1-3H3. The van der Waals surface area contributed by atoms with Gasteiger partial charge in [0.25, 0.3) is 0 Å². The number of hydrogen-bond acceptors (Lipinski definition) is 1. The van der Waals surface area contributed by atoms with Crippen LogP contribution in [0.15, 0.2) is 12.1 Å². The molecule has 1 nitrogen and oxygen atoms in total. The van der Waals surface area contributed by atoms with E-state index >= 15 is 0 Å². The third-order valence-electron chi connectivity index (χ3n) is 2.28. The van der Waals surface area contributed by atoms with Crippen molar-refractivity contribution in [1.82, 2.24) is 0 Å². The van der Waals surface area contributed by atoms with Crippen LogP contribution in [0.5, 0.6) is 0 Å². The predicted molar refractivity (Wildman–Crippen MR) is 50.0 cm³/mol. The van der Waals surface area contributed by atoms with E-state index in [9.17, 15) is 0 Å². The molecule has 1 aromatic carbocycles. The number of benzene rings is 1. The largest absolute Gasteiger partial charge is 0.192 e. The predicted octanol–water partition coefficient (Wildman–Crippen LogP) is 2.74. The van der Waals surface area contributed by atoms with Gasteiger partial charge in [0.1, 0.15) is 0 Å². The van der Waals surface area contributed by atoms with E-state index in [2.05, 4.69) is 19.1 Å². The van der Waals surface area contributed by atoms with Gasteiger partial charge in [-0.25, -0.2) is 0 Å². The van der Waals surface area contributed by atoms with Crippen LogP contribution in [0.1, 0.15) is 29.2 Å². The average Bonchev–Trinajstić information content (AvgIpc) is 2.06. The molecule has 0 aromatic heterocycles. The minimum absolute atomic E-state index is 0.842. The Kier molecular flexibility index (Phi) is 2.50. The van der Waals surface area contributed by atoms with E-state index in [1.807, 2.05) is 19.9 Å². The van der Waals surface area contributed by atoms with E-state index in [1.54, 1.807) is 0 Å². The summed E-state index contributed by atoms with van der Waals surface area (Å²) in [6.45, 7) is 6.11. The lowest BCUT2D eigenvalue weighted by Gasteiger charge is -2.06. The lowest BCUT2D eigenvalue weighted by Crippen LogP contribution is -1.93. The van der Waals surface area contributed by atoms with Gasteiger partial charge in [0.15, 0.2) is 0 Å². The summed E-state index contributed by atoms with van der Waals surface area (Å²) in [5.41, 5.74) is 4.33. The highest BCUT2D eigenvalue weighted by Gasteiger charge is 2.04. The first-order chi connectivity index (χ1) is 5.70. The normalized spacial score (nSPS) is 9.50. The Bertz CT molecular complexity index is 332. The third kappa shape index (κ3) is 1.33. The monoisotopic (exact) mass is 159 g/mol. The molecule has 0 aliphatic rings. The van der Waals surface area contributed by atoms with Crippen molar-refractivity contribution in [3.05, 3.63) is 34.4 Å². The van der Waals surface area contributed by atoms with Gasteiger partial charge in [0, 0.05) is 0 Å². The summed E-state index contributed by atoms with van der Waals surface area (Å²) in [6, 6.07) is 6.36. The molecule has 0 amide bonds. The summed E-state index contributed by atoms with van der Waals surface area (Å²) in [5, 5.41) is 8.87. The van der Waals surface area contributed by atoms with Gasteiger partial charge >= 0.3 is 0 Å². The number of nitriles is 1. The minimum atomic E-state index is 0.842. The lowest BCUT2D eigenvalue weighted by molar-refractivity contribution is 1.10. The molecule has 0 spiro atoms. The van der Waals surface area contributed by atoms with Crippen LogP contribution < -0.4 is 0 Å². The molecule has 0 N–H and O–H groups in total. The SMILES string of the molecule is CCc1ccc(C)c(C#N)c1C. The van der Waals surface area contributed by atoms with E-state index < -0.39 is 0 Å². The van der Waals surface area contributed by atoms with Crippen molar-refractivity contribution in [2.75, 3.05) is 0 Å². The van der Waals surface area contributed by atoms with Crippen LogP contribution in [-0.4, -0.2) is 0 Å². The molecule has 1 heteroatoms. The smallest absolute Gasteiger partial charge is 0.0997 e. The Morgan fingerprint density at radius 3 is 2.50 bits per heavy atom. The van der Waals surface area contributed by atoms with Gasteiger partial charge in [-0.15, -0.1) is 0 Å². The molecule has 0 unspecified atom stereocenters. The highest BCUT2D eigenvalue weighted by molar-refractivity contribution is 5.47. The molecule has 0 saturated heterocycles. The molecule has 12 heavy (non-hydrogen) atoms. The molecule has 1 rings (SSSR count). The Labute approximate surface area is 73.6 Å². The molecule has 0 bridgehead atoms. The van der Waals surface area contributed by atoms with Gasteiger partial charge in [0.2, 0.25) is 0 Å². The third-order valence-corrected chi connectivity index (χ3v) is 2.28. The first kappa shape index (κ1) is 8.80. The van der Waals surface area contributed by atoms with Crippen LogP contribution in [0.2, 0.25) is 0 Å². The number of nitrogens with zero attached hydrogens (tertiary/aromatic N) is 1. The molecule has 0 aliphatic heterocycles. The van der Waals surface area contributed by atoms with E-state index in [1.165, 1.54) is 5.56 Å². The van der Waals surface area contributed by atoms with Gasteiger partial charge in [-0.05, 0) is 37.0 Å². The second-order valence-electron chi connectivity index (χ2n) is 3.01. The van der Waals surface area contributed by atoms with Crippen molar-refractivity contribution in [2.45, 2.75) is 27.2 Å². The maximum absolute atomic E-state index is 8.87. The van der Waals surface area contributed by atoms with Gasteiger partial charge in [-0.1, -0.05) is 19.1 Å². The highest BCUT2D eigenvalue weighted by atomic mass is 14.2. The summed E-state index contributed by atoms with van der Waals surface area (Å²) >= 11 is 0. The van der Waals surface area contributed by atoms with Crippen molar-refractivity contribution in [2.24, 2.45) is 0 Å². The molecule has 1 aromatic rings. The van der Waals surface area contributed by atoms with Crippen LogP contribution >= 0.6 is 0 Å². The maximum atomic E-state index is 8.87. The van der Waals surface area contributed by atoms with Crippen LogP contribution in [0, 0.1) is 25.2 Å². The van der Waals surface area contributed by atoms with Crippen LogP contribution in [0.25, 0.3) is 0 Å². The van der Waals surface area contributed by atoms with Crippen molar-refractivity contribution in [1.29, 1.82) is 5.26 Å². The fourth-order valence-electron chi connectivity index (χ4n) is 1.45. The van der Waals surface area contributed by atoms with Crippen LogP contribution in [0.3, 0.4) is 0 Å². The second-order valence-corrected chi connectivity index (χ2v) is 3.01. The van der Waals surface area contributed by atoms with Gasteiger partial charge in [-0.3, -0.25) is 0 Å². The summed E-state index contributed by atoms with van der Waals surface area (Å²) in [4.78, 5) is 0. The number of rotatable bonds is 1. The number of aryl methyl sites for hydroxylation is 2. The van der Waals surface area contributed by atoms with Gasteiger partial charge < -0.3 is 0 Å². The van der Waals surface area contributed by atoms with Crippen molar-refractivity contribution >= 4 is 0 Å². The molecule has 0 heterocycles. The van der Waals surface area contributed by atoms with E-state index in [4.69, 9.17) is 5.26 Å². The van der Waals surface area contributed by atoms with Crippen LogP contribution in [-0.2, 0) is 6.42 Å². The quantitative estimate of drug-likeness (QED) is 0.618. The minimum Gasteiger partial charge on any atom is -0.192 e. The molecule has 0 saturated carbocycles. The van der Waals surface area contributed by atoms with Crippen LogP contribution in [0.4, 0.5) is 0 Å². The maximum Gasteiger partial charge on any atom is 0.0997 e. The molecule has 0 radical (unpaired) electrons. The van der Waals surface area contributed by atoms with Crippen molar-refractivity contribution in [3.8, 4) is 6.07 Å². The zero-order chi connectivity index (χ0) is 9.14. The zero-order valence-corrected chi connectivity index (χ0v) is 7.81. The summed E-state index contributed by atoms with van der Waals surface area (Å²) < 4.78 is 0. The fourth-order valence-corrected chi connectivity index (χ4v) is 1.45. The molecule has 62 valence electrons. The van der Waals surface area contributed by atoms with Gasteiger partial charge in [0.05, 0.1) is 11.6 Å². The molecular weight excluding hydrogens is 146 g/mol. The van der Waals surface area contributed by atoms with Gasteiger partial charge in [-0.2, -0.15) is 5.26 Å². The lowest BCUT2D eigenvalue weighted by atomic mass is 9.97. The fraction of sp³-hybridized carbons (Fsp3) is 0.364. The van der Waals surface area contributed by atoms with E-state index in [0.29, 0.717) is 0 Å². The first-order valence-electron chi connectivity index (χ1n) is 4.19. The Morgan fingerprint density at radius 1 is 1.33 bits per heavy atom. The van der Waals surface area contributed by atoms with E-state index in [-0.39, 0.29) is 0 Å². The summed E-state index contributed by atoms with van der Waals surface area (Å²) in [7, 11) is 0. The number of hydrogen-bond donors (Lipinski definition) is 0. The van der Waals surface area contributed by atoms with E-state index in [0.717, 1.165) is 23.1 Å². The summed E-state index contributed by atoms with van der Waals surface area (Å²) in [6.07, 6.45) is 1.00. The molecular formula is C11H13N. The molecule has 0 atom stereocenters. The second kappa shape index (κ2) is 3.40. The van der Waals surface area contributed by atoms with Crippen molar-refractivity contribution < 1.29 is 0 Å². The molecule has 0 aliphatic carbocycles. The topological polar surface area (TPSA) is 23.8 Å². The highest BCUT2D eigenvalue weighted by Crippen LogP contribution is 2.17. The van der Waals surface area contributed by atoms with Crippen molar-refractivity contribution in [3.63, 3.8) is 0 Å². The Hall–Kier alpha value is -1.29. The zero-order valence-electron chi connectivity index (χ0n) is 7.81.